The fourth-order valence-corrected chi connectivity index (χ4v) is 4.62. The number of hydrogen-bond donors (Lipinski definition) is 1. The number of aromatic nitrogens is 2. The van der Waals surface area contributed by atoms with Crippen LogP contribution in [0.2, 0.25) is 0 Å². The second kappa shape index (κ2) is 11.9. The minimum atomic E-state index is 0. The number of anilines is 1. The first-order valence-corrected chi connectivity index (χ1v) is 10.7. The number of aliphatic imine (C=N–C) groups is 1. The van der Waals surface area contributed by atoms with Gasteiger partial charge < -0.3 is 15.1 Å². The summed E-state index contributed by atoms with van der Waals surface area (Å²) < 4.78 is 0. The molecule has 0 aliphatic carbocycles. The molecule has 0 saturated carbocycles. The van der Waals surface area contributed by atoms with E-state index in [-0.39, 0.29) is 24.0 Å². The lowest BCUT2D eigenvalue weighted by atomic mass is 10.3. The summed E-state index contributed by atoms with van der Waals surface area (Å²) in [5, 5.41) is 4.29. The van der Waals surface area contributed by atoms with Crippen LogP contribution in [0.25, 0.3) is 0 Å². The molecular formula is C18H32IN7S. The molecule has 2 fully saturated rings. The third-order valence-electron chi connectivity index (χ3n) is 5.02. The fraction of sp³-hybridized carbons (Fsp3) is 0.722. The van der Waals surface area contributed by atoms with Gasteiger partial charge in [0.2, 0.25) is 5.95 Å². The van der Waals surface area contributed by atoms with Gasteiger partial charge in [0, 0.05) is 82.8 Å². The molecule has 1 atom stereocenters. The normalized spacial score (nSPS) is 21.7. The van der Waals surface area contributed by atoms with E-state index in [1.54, 1.807) is 0 Å². The Morgan fingerprint density at radius 3 is 2.63 bits per heavy atom. The standard InChI is InChI=1S/C18H31N7S.HI/c1-3-16-15-25(13-14-26-16)17(19-2)22-7-8-23-9-11-24(12-10-23)18-20-5-4-6-21-18;/h4-6,16H,3,7-15H2,1-2H3,(H,19,22);1H. The van der Waals surface area contributed by atoms with E-state index in [0.29, 0.717) is 0 Å². The van der Waals surface area contributed by atoms with Gasteiger partial charge in [-0.2, -0.15) is 11.8 Å². The van der Waals surface area contributed by atoms with E-state index in [0.717, 1.165) is 69.5 Å². The van der Waals surface area contributed by atoms with Gasteiger partial charge in [-0.25, -0.2) is 9.97 Å². The fourth-order valence-electron chi connectivity index (χ4n) is 3.44. The van der Waals surface area contributed by atoms with Crippen LogP contribution in [0.4, 0.5) is 5.95 Å². The summed E-state index contributed by atoms with van der Waals surface area (Å²) in [6.07, 6.45) is 4.85. The van der Waals surface area contributed by atoms with Gasteiger partial charge in [-0.05, 0) is 12.5 Å². The molecule has 1 unspecified atom stereocenters. The predicted molar refractivity (Wildman–Crippen MR) is 126 cm³/mol. The van der Waals surface area contributed by atoms with Gasteiger partial charge in [-0.3, -0.25) is 9.89 Å². The van der Waals surface area contributed by atoms with Crippen molar-refractivity contribution in [1.29, 1.82) is 0 Å². The average Bonchev–Trinajstić information content (AvgIpc) is 2.72. The Balaban J connectivity index is 0.00000261. The van der Waals surface area contributed by atoms with Crippen LogP contribution in [0.5, 0.6) is 0 Å². The van der Waals surface area contributed by atoms with E-state index in [2.05, 4.69) is 53.7 Å². The van der Waals surface area contributed by atoms with Gasteiger partial charge in [0.1, 0.15) is 0 Å². The minimum Gasteiger partial charge on any atom is -0.355 e. The Kier molecular flexibility index (Phi) is 9.91. The molecule has 1 N–H and O–H groups in total. The lowest BCUT2D eigenvalue weighted by molar-refractivity contribution is 0.259. The monoisotopic (exact) mass is 505 g/mol. The molecule has 9 heteroatoms. The zero-order chi connectivity index (χ0) is 18.2. The van der Waals surface area contributed by atoms with Crippen molar-refractivity contribution in [3.05, 3.63) is 18.5 Å². The molecule has 27 heavy (non-hydrogen) atoms. The molecule has 1 aromatic rings. The second-order valence-electron chi connectivity index (χ2n) is 6.70. The Morgan fingerprint density at radius 1 is 1.22 bits per heavy atom. The molecule has 1 aromatic heterocycles. The zero-order valence-electron chi connectivity index (χ0n) is 16.4. The zero-order valence-corrected chi connectivity index (χ0v) is 19.5. The lowest BCUT2D eigenvalue weighted by Crippen LogP contribution is -2.51. The molecule has 7 nitrogen and oxygen atoms in total. The highest BCUT2D eigenvalue weighted by Crippen LogP contribution is 2.20. The molecule has 2 aliphatic heterocycles. The first kappa shape index (κ1) is 22.5. The number of nitrogens with one attached hydrogen (secondary N) is 1. The summed E-state index contributed by atoms with van der Waals surface area (Å²) in [5.41, 5.74) is 0. The molecule has 0 radical (unpaired) electrons. The van der Waals surface area contributed by atoms with Crippen molar-refractivity contribution in [3.8, 4) is 0 Å². The average molecular weight is 505 g/mol. The van der Waals surface area contributed by atoms with E-state index in [1.165, 1.54) is 12.2 Å². The van der Waals surface area contributed by atoms with Crippen LogP contribution < -0.4 is 10.2 Å². The number of hydrogen-bond acceptors (Lipinski definition) is 6. The molecule has 0 spiro atoms. The van der Waals surface area contributed by atoms with Crippen LogP contribution in [0, 0.1) is 0 Å². The van der Waals surface area contributed by atoms with Gasteiger partial charge in [0.25, 0.3) is 0 Å². The Labute approximate surface area is 184 Å². The van der Waals surface area contributed by atoms with E-state index >= 15 is 0 Å². The largest absolute Gasteiger partial charge is 0.355 e. The van der Waals surface area contributed by atoms with E-state index < -0.39 is 0 Å². The lowest BCUT2D eigenvalue weighted by Gasteiger charge is -2.36. The summed E-state index contributed by atoms with van der Waals surface area (Å²) in [6, 6.07) is 1.86. The number of piperazine rings is 1. The maximum absolute atomic E-state index is 4.49. The van der Waals surface area contributed by atoms with Crippen LogP contribution in [0.3, 0.4) is 0 Å². The van der Waals surface area contributed by atoms with Crippen LogP contribution in [0.1, 0.15) is 13.3 Å². The Bertz CT molecular complexity index is 566. The molecule has 0 amide bonds. The topological polar surface area (TPSA) is 59.9 Å². The van der Waals surface area contributed by atoms with E-state index in [4.69, 9.17) is 0 Å². The number of thioether (sulfide) groups is 1. The third-order valence-corrected chi connectivity index (χ3v) is 6.40. The minimum absolute atomic E-state index is 0. The highest BCUT2D eigenvalue weighted by Gasteiger charge is 2.22. The Hall–Kier alpha value is -0.810. The van der Waals surface area contributed by atoms with Crippen molar-refractivity contribution in [3.63, 3.8) is 0 Å². The molecule has 0 aromatic carbocycles. The molecule has 2 saturated heterocycles. The molecule has 3 heterocycles. The summed E-state index contributed by atoms with van der Waals surface area (Å²) in [5.74, 6) is 3.10. The van der Waals surface area contributed by atoms with Crippen molar-refractivity contribution in [1.82, 2.24) is 25.1 Å². The SMILES string of the molecule is CCC1CN(C(=NC)NCCN2CCN(c3ncccn3)CC2)CCS1.I. The van der Waals surface area contributed by atoms with E-state index in [1.807, 2.05) is 25.5 Å². The molecule has 2 aliphatic rings. The second-order valence-corrected chi connectivity index (χ2v) is 8.11. The van der Waals surface area contributed by atoms with Gasteiger partial charge in [-0.15, -0.1) is 24.0 Å². The van der Waals surface area contributed by atoms with Crippen LogP contribution in [-0.2, 0) is 0 Å². The van der Waals surface area contributed by atoms with Gasteiger partial charge in [0.05, 0.1) is 0 Å². The quantitative estimate of drug-likeness (QED) is 0.371. The number of halogens is 1. The van der Waals surface area contributed by atoms with Crippen LogP contribution in [0.15, 0.2) is 23.5 Å². The number of guanidine groups is 1. The highest BCUT2D eigenvalue weighted by atomic mass is 127. The van der Waals surface area contributed by atoms with Crippen molar-refractivity contribution in [2.75, 3.05) is 70.1 Å². The highest BCUT2D eigenvalue weighted by molar-refractivity contribution is 14.0. The number of rotatable bonds is 5. The number of nitrogens with zero attached hydrogens (tertiary/aromatic N) is 6. The molecule has 152 valence electrons. The van der Waals surface area contributed by atoms with Crippen LogP contribution in [-0.4, -0.2) is 96.1 Å². The predicted octanol–water partition coefficient (Wildman–Crippen LogP) is 1.62. The summed E-state index contributed by atoms with van der Waals surface area (Å²) in [7, 11) is 1.89. The van der Waals surface area contributed by atoms with Gasteiger partial charge in [0.15, 0.2) is 5.96 Å². The Morgan fingerprint density at radius 2 is 1.96 bits per heavy atom. The third kappa shape index (κ3) is 6.63. The first-order chi connectivity index (χ1) is 12.8. The summed E-state index contributed by atoms with van der Waals surface area (Å²) >= 11 is 2.09. The maximum atomic E-state index is 4.49. The van der Waals surface area contributed by atoms with Crippen molar-refractivity contribution in [2.45, 2.75) is 18.6 Å². The maximum Gasteiger partial charge on any atom is 0.225 e. The van der Waals surface area contributed by atoms with Crippen molar-refractivity contribution in [2.24, 2.45) is 4.99 Å². The van der Waals surface area contributed by atoms with Gasteiger partial charge >= 0.3 is 0 Å². The molecular weight excluding hydrogens is 473 g/mol. The van der Waals surface area contributed by atoms with Crippen molar-refractivity contribution >= 4 is 47.6 Å². The molecule has 3 rings (SSSR count). The van der Waals surface area contributed by atoms with Crippen LogP contribution >= 0.6 is 35.7 Å². The van der Waals surface area contributed by atoms with Crippen molar-refractivity contribution < 1.29 is 0 Å². The van der Waals surface area contributed by atoms with Gasteiger partial charge in [-0.1, -0.05) is 6.92 Å². The molecule has 0 bridgehead atoms. The summed E-state index contributed by atoms with van der Waals surface area (Å²) in [6.45, 7) is 10.5. The first-order valence-electron chi connectivity index (χ1n) is 9.61. The smallest absolute Gasteiger partial charge is 0.225 e. The van der Waals surface area contributed by atoms with E-state index in [9.17, 15) is 0 Å². The summed E-state index contributed by atoms with van der Waals surface area (Å²) in [4.78, 5) is 20.4.